The van der Waals surface area contributed by atoms with Gasteiger partial charge in [0, 0.05) is 0 Å². The van der Waals surface area contributed by atoms with Gasteiger partial charge in [-0.3, -0.25) is 0 Å². The fourth-order valence-electron chi connectivity index (χ4n) is 0.671. The summed E-state index contributed by atoms with van der Waals surface area (Å²) < 4.78 is 0. The first kappa shape index (κ1) is 37.7. The van der Waals surface area contributed by atoms with Crippen molar-refractivity contribution in [3.63, 3.8) is 0 Å². The first-order chi connectivity index (χ1) is 9.16. The molecule has 5 heteroatoms. The van der Waals surface area contributed by atoms with E-state index in [4.69, 9.17) is 0 Å². The number of nitrogens with two attached hydrogens (primary N) is 1. The zero-order valence-corrected chi connectivity index (χ0v) is 17.9. The number of hydrogen-bond acceptors (Lipinski definition) is 0. The minimum atomic E-state index is 0. The van der Waals surface area contributed by atoms with E-state index in [-0.39, 0.29) is 28.5 Å². The van der Waals surface area contributed by atoms with E-state index in [0.29, 0.717) is 0 Å². The van der Waals surface area contributed by atoms with Crippen molar-refractivity contribution in [3.05, 3.63) is 29.0 Å². The fourth-order valence-corrected chi connectivity index (χ4v) is 0.671. The van der Waals surface area contributed by atoms with Gasteiger partial charge in [0.2, 0.25) is 0 Å². The Kier molecular flexibility index (Phi) is 105. The predicted octanol–water partition coefficient (Wildman–Crippen LogP) is 6.53. The summed E-state index contributed by atoms with van der Waals surface area (Å²) in [6.45, 7) is 23.8. The Morgan fingerprint density at radius 3 is 0.714 bits per heavy atom. The van der Waals surface area contributed by atoms with Gasteiger partial charge in [0.15, 0.2) is 0 Å². The van der Waals surface area contributed by atoms with Crippen LogP contribution in [0.1, 0.15) is 61.3 Å². The summed E-state index contributed by atoms with van der Waals surface area (Å²) in [6, 6.07) is 0. The minimum Gasteiger partial charge on any atom is -0.693 e. The maximum absolute atomic E-state index is 3.97. The van der Waals surface area contributed by atoms with Crippen LogP contribution in [0.4, 0.5) is 0 Å². The Morgan fingerprint density at radius 2 is 0.714 bits per heavy atom. The molecule has 0 saturated heterocycles. The standard InChI is InChI=1S/3C4H10N.C4H9.H2N.Nb/c3*1-3-5-4-2;1-3-4-2;;/h3*3-4H2,1-2H3;1,3-4H2,2H3;1H2;/q5*-1;+5. The Balaban J connectivity index is -0.0000000347. The SMILES string of the molecule is CC[N-]CC.CC[N-]CC.CC[N-]CC.[CH2-]CCC.[NH2-].[Nb+5]. The average Bonchev–Trinajstić information content (AvgIpc) is 2.43. The number of unbranched alkanes of at least 4 members (excludes halogenated alkanes) is 1. The molecule has 0 rings (SSSR count). The van der Waals surface area contributed by atoms with Gasteiger partial charge in [0.25, 0.3) is 0 Å². The second-order valence-electron chi connectivity index (χ2n) is 3.42. The van der Waals surface area contributed by atoms with Gasteiger partial charge >= 0.3 is 22.4 Å². The maximum atomic E-state index is 3.97. The van der Waals surface area contributed by atoms with Crippen molar-refractivity contribution in [3.8, 4) is 0 Å². The number of hydrogen-bond donors (Lipinski definition) is 0. The second-order valence-corrected chi connectivity index (χ2v) is 3.42. The van der Waals surface area contributed by atoms with E-state index in [1.807, 2.05) is 41.5 Å². The third-order valence-electron chi connectivity index (χ3n) is 1.70. The van der Waals surface area contributed by atoms with Crippen LogP contribution in [0.15, 0.2) is 0 Å². The fraction of sp³-hybridized carbons (Fsp3) is 0.938. The van der Waals surface area contributed by atoms with Crippen LogP contribution in [-0.4, -0.2) is 39.3 Å². The van der Waals surface area contributed by atoms with Crippen molar-refractivity contribution in [2.24, 2.45) is 0 Å². The zero-order chi connectivity index (χ0) is 15.8. The molecule has 0 saturated carbocycles. The van der Waals surface area contributed by atoms with Gasteiger partial charge in [-0.25, -0.2) is 0 Å². The summed E-state index contributed by atoms with van der Waals surface area (Å²) in [5.41, 5.74) is 0. The maximum Gasteiger partial charge on any atom is 5.00 e. The summed E-state index contributed by atoms with van der Waals surface area (Å²) in [6.07, 6.45) is 2.28. The molecule has 0 unspecified atom stereocenters. The number of nitrogens with zero attached hydrogens (tertiary/aromatic N) is 3. The van der Waals surface area contributed by atoms with Gasteiger partial charge in [-0.2, -0.15) is 45.7 Å². The Morgan fingerprint density at radius 1 is 0.571 bits per heavy atom. The molecule has 21 heavy (non-hydrogen) atoms. The Labute approximate surface area is 152 Å². The van der Waals surface area contributed by atoms with Gasteiger partial charge < -0.3 is 29.0 Å². The Bertz CT molecular complexity index is 74.1. The molecule has 0 aliphatic rings. The van der Waals surface area contributed by atoms with E-state index in [1.54, 1.807) is 0 Å². The van der Waals surface area contributed by atoms with Crippen LogP contribution in [-0.2, 0) is 22.4 Å². The zero-order valence-electron chi connectivity index (χ0n) is 15.7. The van der Waals surface area contributed by atoms with Crippen LogP contribution in [0.3, 0.4) is 0 Å². The first-order valence-corrected chi connectivity index (χ1v) is 7.85. The third kappa shape index (κ3) is 124. The molecule has 0 amide bonds. The van der Waals surface area contributed by atoms with Crippen LogP contribution in [0.5, 0.6) is 0 Å². The second kappa shape index (κ2) is 58.8. The normalized spacial score (nSPS) is 7.43. The van der Waals surface area contributed by atoms with E-state index in [9.17, 15) is 0 Å². The molecule has 0 bridgehead atoms. The largest absolute Gasteiger partial charge is 5.00 e. The van der Waals surface area contributed by atoms with Crippen LogP contribution in [0.2, 0.25) is 0 Å². The predicted molar refractivity (Wildman–Crippen MR) is 98.9 cm³/mol. The molecular formula is C16H41N4Nb. The van der Waals surface area contributed by atoms with Gasteiger partial charge in [-0.15, -0.1) is 0 Å². The van der Waals surface area contributed by atoms with Crippen molar-refractivity contribution in [1.29, 1.82) is 0 Å². The van der Waals surface area contributed by atoms with E-state index in [1.165, 1.54) is 6.42 Å². The molecule has 4 nitrogen and oxygen atoms in total. The first-order valence-electron chi connectivity index (χ1n) is 7.85. The van der Waals surface area contributed by atoms with E-state index in [0.717, 1.165) is 45.7 Å². The van der Waals surface area contributed by atoms with Crippen LogP contribution >= 0.6 is 0 Å². The molecule has 0 spiro atoms. The molecule has 0 aromatic heterocycles. The van der Waals surface area contributed by atoms with Crippen LogP contribution in [0.25, 0.3) is 22.1 Å². The van der Waals surface area contributed by atoms with E-state index < -0.39 is 0 Å². The molecular weight excluding hydrogens is 341 g/mol. The molecule has 0 aliphatic carbocycles. The summed E-state index contributed by atoms with van der Waals surface area (Å²) in [5, 5.41) is 11.9. The molecule has 0 radical (unpaired) electrons. The van der Waals surface area contributed by atoms with E-state index >= 15 is 0 Å². The van der Waals surface area contributed by atoms with Crippen LogP contribution < -0.4 is 0 Å². The average molecular weight is 382 g/mol. The van der Waals surface area contributed by atoms with Gasteiger partial charge in [0.05, 0.1) is 0 Å². The molecule has 0 fully saturated rings. The summed E-state index contributed by atoms with van der Waals surface area (Å²) in [7, 11) is 0. The molecule has 0 aromatic rings. The minimum absolute atomic E-state index is 0. The van der Waals surface area contributed by atoms with Gasteiger partial charge in [-0.05, 0) is 0 Å². The molecule has 0 heterocycles. The number of rotatable bonds is 7. The topological polar surface area (TPSA) is 75.8 Å². The summed E-state index contributed by atoms with van der Waals surface area (Å²) >= 11 is 0. The van der Waals surface area contributed by atoms with Crippen molar-refractivity contribution in [2.45, 2.75) is 61.3 Å². The molecule has 130 valence electrons. The van der Waals surface area contributed by atoms with Crippen molar-refractivity contribution < 1.29 is 22.4 Å². The summed E-state index contributed by atoms with van der Waals surface area (Å²) in [4.78, 5) is 0. The van der Waals surface area contributed by atoms with Gasteiger partial charge in [-0.1, -0.05) is 54.9 Å². The Hall–Kier alpha value is 0.580. The molecule has 0 atom stereocenters. The monoisotopic (exact) mass is 382 g/mol. The molecule has 2 N–H and O–H groups in total. The van der Waals surface area contributed by atoms with Crippen molar-refractivity contribution in [1.82, 2.24) is 0 Å². The van der Waals surface area contributed by atoms with Gasteiger partial charge in [0.1, 0.15) is 0 Å². The molecule has 0 aromatic carbocycles. The van der Waals surface area contributed by atoms with Crippen molar-refractivity contribution in [2.75, 3.05) is 39.3 Å². The van der Waals surface area contributed by atoms with E-state index in [2.05, 4.69) is 29.8 Å². The third-order valence-corrected chi connectivity index (χ3v) is 1.70. The molecule has 0 aliphatic heterocycles. The quantitative estimate of drug-likeness (QED) is 0.354. The summed E-state index contributed by atoms with van der Waals surface area (Å²) in [5.74, 6) is 0. The van der Waals surface area contributed by atoms with Crippen molar-refractivity contribution >= 4 is 0 Å². The smallest absolute Gasteiger partial charge is 0.693 e. The van der Waals surface area contributed by atoms with Crippen LogP contribution in [0, 0.1) is 6.92 Å².